The largest absolute Gasteiger partial charge is 0.481 e. The van der Waals surface area contributed by atoms with Gasteiger partial charge in [0.2, 0.25) is 5.91 Å². The van der Waals surface area contributed by atoms with Crippen molar-refractivity contribution in [1.82, 2.24) is 10.3 Å². The average Bonchev–Trinajstić information content (AvgIpc) is 3.07. The Balaban J connectivity index is 1.86. The third kappa shape index (κ3) is 2.61. The molecule has 2 atom stereocenters. The summed E-state index contributed by atoms with van der Waals surface area (Å²) in [5.41, 5.74) is 1.83. The van der Waals surface area contributed by atoms with Crippen molar-refractivity contribution in [2.45, 2.75) is 19.9 Å². The van der Waals surface area contributed by atoms with Crippen LogP contribution in [0.1, 0.15) is 17.7 Å². The zero-order valence-electron chi connectivity index (χ0n) is 9.51. The van der Waals surface area contributed by atoms with Crippen LogP contribution in [0, 0.1) is 18.8 Å². The summed E-state index contributed by atoms with van der Waals surface area (Å²) in [6.45, 7) is 2.28. The number of aryl methyl sites for hydroxylation is 1. The molecule has 0 aliphatic heterocycles. The van der Waals surface area contributed by atoms with Crippen molar-refractivity contribution in [3.63, 3.8) is 0 Å². The third-order valence-corrected chi connectivity index (χ3v) is 2.99. The number of nitrogens with one attached hydrogen (secondary N) is 1. The first-order chi connectivity index (χ1) is 8.09. The van der Waals surface area contributed by atoms with E-state index in [-0.39, 0.29) is 11.8 Å². The number of amides is 1. The summed E-state index contributed by atoms with van der Waals surface area (Å²) in [5, 5.41) is 11.4. The van der Waals surface area contributed by atoms with Crippen LogP contribution in [0.4, 0.5) is 0 Å². The molecule has 1 aromatic heterocycles. The fraction of sp³-hybridized carbons (Fsp3) is 0.417. The van der Waals surface area contributed by atoms with Crippen molar-refractivity contribution in [2.24, 2.45) is 11.8 Å². The molecule has 1 heterocycles. The maximum absolute atomic E-state index is 11.6. The minimum absolute atomic E-state index is 0.192. The van der Waals surface area contributed by atoms with E-state index >= 15 is 0 Å². The van der Waals surface area contributed by atoms with Crippen molar-refractivity contribution >= 4 is 11.9 Å². The number of aromatic nitrogens is 1. The predicted molar refractivity (Wildman–Crippen MR) is 60.1 cm³/mol. The molecule has 5 heteroatoms. The number of nitrogens with zero attached hydrogens (tertiary/aromatic N) is 1. The van der Waals surface area contributed by atoms with E-state index in [1.165, 1.54) is 0 Å². The molecule has 1 aliphatic carbocycles. The summed E-state index contributed by atoms with van der Waals surface area (Å²) in [6, 6.07) is 3.76. The van der Waals surface area contributed by atoms with Gasteiger partial charge in [0.1, 0.15) is 0 Å². The van der Waals surface area contributed by atoms with Gasteiger partial charge in [-0.05, 0) is 25.0 Å². The maximum Gasteiger partial charge on any atom is 0.307 e. The van der Waals surface area contributed by atoms with Crippen molar-refractivity contribution in [3.05, 3.63) is 29.6 Å². The Morgan fingerprint density at radius 3 is 2.88 bits per heavy atom. The minimum atomic E-state index is -0.890. The van der Waals surface area contributed by atoms with Gasteiger partial charge in [0.05, 0.1) is 24.1 Å². The molecule has 1 aromatic rings. The summed E-state index contributed by atoms with van der Waals surface area (Å²) in [4.78, 5) is 26.4. The van der Waals surface area contributed by atoms with E-state index in [2.05, 4.69) is 10.3 Å². The summed E-state index contributed by atoms with van der Waals surface area (Å²) in [6.07, 6.45) is 2.12. The molecule has 1 aliphatic rings. The van der Waals surface area contributed by atoms with Crippen LogP contribution in [0.2, 0.25) is 0 Å². The van der Waals surface area contributed by atoms with Gasteiger partial charge >= 0.3 is 5.97 Å². The standard InChI is InChI=1S/C12H14N2O3/c1-7-3-2-4-13-10(7)6-14-11(15)8-5-9(8)12(16)17/h2-4,8-9H,5-6H2,1H3,(H,14,15)(H,16,17)/t8-,9+/m1/s1. The van der Waals surface area contributed by atoms with E-state index in [0.29, 0.717) is 13.0 Å². The molecule has 0 bridgehead atoms. The number of rotatable bonds is 4. The van der Waals surface area contributed by atoms with Crippen LogP contribution in [-0.2, 0) is 16.1 Å². The Kier molecular flexibility index (Phi) is 3.08. The Bertz CT molecular complexity index is 459. The molecule has 17 heavy (non-hydrogen) atoms. The number of carbonyl (C=O) groups excluding carboxylic acids is 1. The second kappa shape index (κ2) is 4.53. The van der Waals surface area contributed by atoms with Crippen LogP contribution in [-0.4, -0.2) is 22.0 Å². The van der Waals surface area contributed by atoms with Crippen LogP contribution in [0.5, 0.6) is 0 Å². The fourth-order valence-electron chi connectivity index (χ4n) is 1.76. The summed E-state index contributed by atoms with van der Waals surface area (Å²) < 4.78 is 0. The number of pyridine rings is 1. The van der Waals surface area contributed by atoms with E-state index in [1.807, 2.05) is 19.1 Å². The summed E-state index contributed by atoms with van der Waals surface area (Å²) in [7, 11) is 0. The van der Waals surface area contributed by atoms with Crippen LogP contribution >= 0.6 is 0 Å². The van der Waals surface area contributed by atoms with Gasteiger partial charge in [-0.3, -0.25) is 14.6 Å². The van der Waals surface area contributed by atoms with Crippen molar-refractivity contribution in [2.75, 3.05) is 0 Å². The first-order valence-corrected chi connectivity index (χ1v) is 5.50. The van der Waals surface area contributed by atoms with Crippen molar-refractivity contribution in [1.29, 1.82) is 0 Å². The van der Waals surface area contributed by atoms with Gasteiger partial charge in [0.25, 0.3) is 0 Å². The third-order valence-electron chi connectivity index (χ3n) is 2.99. The summed E-state index contributed by atoms with van der Waals surface area (Å²) >= 11 is 0. The molecule has 1 amide bonds. The maximum atomic E-state index is 11.6. The van der Waals surface area contributed by atoms with Crippen molar-refractivity contribution in [3.8, 4) is 0 Å². The lowest BCUT2D eigenvalue weighted by Crippen LogP contribution is -2.26. The highest BCUT2D eigenvalue weighted by atomic mass is 16.4. The van der Waals surface area contributed by atoms with Gasteiger partial charge in [-0.2, -0.15) is 0 Å². The van der Waals surface area contributed by atoms with E-state index < -0.39 is 11.9 Å². The first-order valence-electron chi connectivity index (χ1n) is 5.50. The van der Waals surface area contributed by atoms with Gasteiger partial charge in [-0.1, -0.05) is 6.07 Å². The SMILES string of the molecule is Cc1cccnc1CNC(=O)[C@@H]1C[C@@H]1C(=O)O. The fourth-order valence-corrected chi connectivity index (χ4v) is 1.76. The Hall–Kier alpha value is -1.91. The highest BCUT2D eigenvalue weighted by molar-refractivity contribution is 5.89. The monoisotopic (exact) mass is 234 g/mol. The number of hydrogen-bond acceptors (Lipinski definition) is 3. The number of carboxylic acid groups (broad SMARTS) is 1. The van der Waals surface area contributed by atoms with Crippen LogP contribution in [0.15, 0.2) is 18.3 Å². The van der Waals surface area contributed by atoms with Crippen LogP contribution < -0.4 is 5.32 Å². The second-order valence-corrected chi connectivity index (χ2v) is 4.27. The lowest BCUT2D eigenvalue weighted by atomic mass is 10.2. The lowest BCUT2D eigenvalue weighted by molar-refractivity contribution is -0.140. The zero-order valence-corrected chi connectivity index (χ0v) is 9.51. The summed E-state index contributed by atoms with van der Waals surface area (Å²) in [5.74, 6) is -1.95. The smallest absolute Gasteiger partial charge is 0.307 e. The van der Waals surface area contributed by atoms with Crippen molar-refractivity contribution < 1.29 is 14.7 Å². The number of hydrogen-bond donors (Lipinski definition) is 2. The Labute approximate surface area is 98.9 Å². The number of aliphatic carboxylic acids is 1. The van der Waals surface area contributed by atoms with Gasteiger partial charge in [-0.25, -0.2) is 0 Å². The molecule has 2 N–H and O–H groups in total. The second-order valence-electron chi connectivity index (χ2n) is 4.27. The molecule has 0 unspecified atom stereocenters. The highest BCUT2D eigenvalue weighted by Crippen LogP contribution is 2.38. The van der Waals surface area contributed by atoms with E-state index in [9.17, 15) is 9.59 Å². The van der Waals surface area contributed by atoms with E-state index in [4.69, 9.17) is 5.11 Å². The van der Waals surface area contributed by atoms with Gasteiger partial charge < -0.3 is 10.4 Å². The van der Waals surface area contributed by atoms with E-state index in [1.54, 1.807) is 6.20 Å². The highest BCUT2D eigenvalue weighted by Gasteiger charge is 2.48. The minimum Gasteiger partial charge on any atom is -0.481 e. The zero-order chi connectivity index (χ0) is 12.4. The average molecular weight is 234 g/mol. The molecule has 2 rings (SSSR count). The van der Waals surface area contributed by atoms with Gasteiger partial charge in [0.15, 0.2) is 0 Å². The number of carboxylic acids is 1. The molecular formula is C12H14N2O3. The first kappa shape index (κ1) is 11.6. The van der Waals surface area contributed by atoms with Gasteiger partial charge in [0, 0.05) is 6.20 Å². The molecule has 0 radical (unpaired) electrons. The van der Waals surface area contributed by atoms with Crippen LogP contribution in [0.3, 0.4) is 0 Å². The lowest BCUT2D eigenvalue weighted by Gasteiger charge is -2.06. The topological polar surface area (TPSA) is 79.3 Å². The molecule has 0 aromatic carbocycles. The molecule has 1 fully saturated rings. The van der Waals surface area contributed by atoms with E-state index in [0.717, 1.165) is 11.3 Å². The molecule has 90 valence electrons. The normalized spacial score (nSPS) is 21.9. The Morgan fingerprint density at radius 1 is 1.53 bits per heavy atom. The van der Waals surface area contributed by atoms with Gasteiger partial charge in [-0.15, -0.1) is 0 Å². The quantitative estimate of drug-likeness (QED) is 0.804. The molecule has 5 nitrogen and oxygen atoms in total. The molecule has 0 spiro atoms. The number of carbonyl (C=O) groups is 2. The molecule has 1 saturated carbocycles. The molecular weight excluding hydrogens is 220 g/mol. The predicted octanol–water partition coefficient (Wildman–Crippen LogP) is 0.727. The molecule has 0 saturated heterocycles. The Morgan fingerprint density at radius 2 is 2.29 bits per heavy atom. The van der Waals surface area contributed by atoms with Crippen LogP contribution in [0.25, 0.3) is 0 Å².